The van der Waals surface area contributed by atoms with Crippen LogP contribution in [0.2, 0.25) is 5.02 Å². The molecule has 0 saturated heterocycles. The lowest BCUT2D eigenvalue weighted by Gasteiger charge is -2.15. The van der Waals surface area contributed by atoms with E-state index in [0.29, 0.717) is 10.7 Å². The molecule has 0 saturated carbocycles. The molecule has 2 aromatic rings. The minimum Gasteiger partial charge on any atom is -0.441 e. The zero-order valence-corrected chi connectivity index (χ0v) is 13.2. The number of carbonyl (C=O) groups is 1. The van der Waals surface area contributed by atoms with E-state index in [1.54, 1.807) is 19.1 Å². The number of hydrogen-bond donors (Lipinski definition) is 1. The first-order valence-corrected chi connectivity index (χ1v) is 7.58. The van der Waals surface area contributed by atoms with Crippen molar-refractivity contribution in [2.75, 3.05) is 5.32 Å². The van der Waals surface area contributed by atoms with E-state index < -0.39 is 12.2 Å². The summed E-state index contributed by atoms with van der Waals surface area (Å²) in [5.41, 5.74) is 1.48. The Labute approximate surface area is 128 Å². The van der Waals surface area contributed by atoms with E-state index in [1.165, 1.54) is 11.3 Å². The number of rotatable bonds is 3. The Hall–Kier alpha value is -1.04. The second-order valence-corrected chi connectivity index (χ2v) is 6.44. The van der Waals surface area contributed by atoms with Crippen LogP contribution in [-0.4, -0.2) is 6.09 Å². The maximum absolute atomic E-state index is 11.8. The standard InChI is InChI=1S/C13H11BrClNO2S/c1-8(9-4-2-3-5-10(9)15)18-13(17)16-11-6-7-19-12(11)14/h2-8H,1H3,(H,16,17). The number of amides is 1. The molecule has 1 amide bonds. The molecule has 0 aliphatic rings. The van der Waals surface area contributed by atoms with Crippen LogP contribution in [0, 0.1) is 0 Å². The number of benzene rings is 1. The molecular weight excluding hydrogens is 350 g/mol. The molecule has 1 N–H and O–H groups in total. The first-order valence-electron chi connectivity index (χ1n) is 5.53. The van der Waals surface area contributed by atoms with Gasteiger partial charge in [0.1, 0.15) is 6.10 Å². The Morgan fingerprint density at radius 1 is 1.42 bits per heavy atom. The van der Waals surface area contributed by atoms with Crippen molar-refractivity contribution in [2.24, 2.45) is 0 Å². The van der Waals surface area contributed by atoms with Gasteiger partial charge in [-0.2, -0.15) is 0 Å². The van der Waals surface area contributed by atoms with E-state index in [-0.39, 0.29) is 0 Å². The molecule has 0 spiro atoms. The van der Waals surface area contributed by atoms with Crippen molar-refractivity contribution in [3.05, 3.63) is 50.1 Å². The highest BCUT2D eigenvalue weighted by molar-refractivity contribution is 9.11. The number of anilines is 1. The fourth-order valence-electron chi connectivity index (χ4n) is 1.55. The van der Waals surface area contributed by atoms with Crippen molar-refractivity contribution in [3.8, 4) is 0 Å². The summed E-state index contributed by atoms with van der Waals surface area (Å²) in [4.78, 5) is 11.8. The van der Waals surface area contributed by atoms with Gasteiger partial charge in [-0.3, -0.25) is 5.32 Å². The third-order valence-electron chi connectivity index (χ3n) is 2.48. The Morgan fingerprint density at radius 2 is 2.16 bits per heavy atom. The average Bonchev–Trinajstić information content (AvgIpc) is 2.75. The topological polar surface area (TPSA) is 38.3 Å². The number of ether oxygens (including phenoxy) is 1. The molecule has 6 heteroatoms. The molecule has 2 rings (SSSR count). The zero-order valence-electron chi connectivity index (χ0n) is 10.0. The van der Waals surface area contributed by atoms with Gasteiger partial charge in [-0.25, -0.2) is 4.79 Å². The molecule has 0 bridgehead atoms. The lowest BCUT2D eigenvalue weighted by Crippen LogP contribution is -2.16. The summed E-state index contributed by atoms with van der Waals surface area (Å²) in [5, 5.41) is 5.12. The summed E-state index contributed by atoms with van der Waals surface area (Å²) < 4.78 is 6.15. The monoisotopic (exact) mass is 359 g/mol. The highest BCUT2D eigenvalue weighted by Gasteiger charge is 2.15. The smallest absolute Gasteiger partial charge is 0.412 e. The van der Waals surface area contributed by atoms with Crippen LogP contribution in [0.5, 0.6) is 0 Å². The highest BCUT2D eigenvalue weighted by atomic mass is 79.9. The molecule has 100 valence electrons. The molecule has 0 radical (unpaired) electrons. The van der Waals surface area contributed by atoms with E-state index in [2.05, 4.69) is 21.2 Å². The lowest BCUT2D eigenvalue weighted by molar-refractivity contribution is 0.121. The van der Waals surface area contributed by atoms with Gasteiger partial charge in [-0.15, -0.1) is 11.3 Å². The van der Waals surface area contributed by atoms with Gasteiger partial charge in [-0.05, 0) is 40.4 Å². The van der Waals surface area contributed by atoms with Crippen molar-refractivity contribution in [1.29, 1.82) is 0 Å². The summed E-state index contributed by atoms with van der Waals surface area (Å²) in [6.45, 7) is 1.78. The third kappa shape index (κ3) is 3.72. The first-order chi connectivity index (χ1) is 9.08. The van der Waals surface area contributed by atoms with Gasteiger partial charge < -0.3 is 4.74 Å². The third-order valence-corrected chi connectivity index (χ3v) is 4.51. The lowest BCUT2D eigenvalue weighted by atomic mass is 10.1. The second kappa shape index (κ2) is 6.41. The quantitative estimate of drug-likeness (QED) is 0.787. The SMILES string of the molecule is CC(OC(=O)Nc1ccsc1Br)c1ccccc1Cl. The molecule has 1 heterocycles. The van der Waals surface area contributed by atoms with Gasteiger partial charge >= 0.3 is 6.09 Å². The number of thiophene rings is 1. The number of carbonyl (C=O) groups excluding carboxylic acids is 1. The van der Waals surface area contributed by atoms with Gasteiger partial charge in [-0.1, -0.05) is 29.8 Å². The molecule has 3 nitrogen and oxygen atoms in total. The number of nitrogens with one attached hydrogen (secondary N) is 1. The molecule has 1 aromatic carbocycles. The molecule has 0 fully saturated rings. The zero-order chi connectivity index (χ0) is 13.8. The molecule has 19 heavy (non-hydrogen) atoms. The van der Waals surface area contributed by atoms with Crippen LogP contribution in [0.15, 0.2) is 39.5 Å². The van der Waals surface area contributed by atoms with E-state index in [9.17, 15) is 4.79 Å². The van der Waals surface area contributed by atoms with Crippen LogP contribution in [0.1, 0.15) is 18.6 Å². The fourth-order valence-corrected chi connectivity index (χ4v) is 2.96. The van der Waals surface area contributed by atoms with Crippen LogP contribution in [0.3, 0.4) is 0 Å². The fraction of sp³-hybridized carbons (Fsp3) is 0.154. The van der Waals surface area contributed by atoms with Crippen LogP contribution in [0.4, 0.5) is 10.5 Å². The number of hydrogen-bond acceptors (Lipinski definition) is 3. The van der Waals surface area contributed by atoms with Gasteiger partial charge in [0, 0.05) is 10.6 Å². The Balaban J connectivity index is 2.00. The van der Waals surface area contributed by atoms with E-state index in [0.717, 1.165) is 9.35 Å². The highest BCUT2D eigenvalue weighted by Crippen LogP contribution is 2.29. The number of halogens is 2. The van der Waals surface area contributed by atoms with Crippen molar-refractivity contribution in [3.63, 3.8) is 0 Å². The van der Waals surface area contributed by atoms with Gasteiger partial charge in [0.15, 0.2) is 0 Å². The Bertz CT molecular complexity index is 588. The second-order valence-electron chi connectivity index (χ2n) is 3.80. The van der Waals surface area contributed by atoms with Crippen molar-refractivity contribution < 1.29 is 9.53 Å². The predicted octanol–water partition coefficient (Wildman–Crippen LogP) is 5.47. The molecule has 1 aromatic heterocycles. The van der Waals surface area contributed by atoms with Crippen LogP contribution in [0.25, 0.3) is 0 Å². The van der Waals surface area contributed by atoms with Crippen molar-refractivity contribution in [1.82, 2.24) is 0 Å². The van der Waals surface area contributed by atoms with Crippen molar-refractivity contribution in [2.45, 2.75) is 13.0 Å². The van der Waals surface area contributed by atoms with Gasteiger partial charge in [0.05, 0.1) is 9.47 Å². The van der Waals surface area contributed by atoms with Gasteiger partial charge in [0.25, 0.3) is 0 Å². The van der Waals surface area contributed by atoms with Crippen LogP contribution in [-0.2, 0) is 4.74 Å². The summed E-state index contributed by atoms with van der Waals surface area (Å²) in [6.07, 6.45) is -0.919. The summed E-state index contributed by atoms with van der Waals surface area (Å²) in [6, 6.07) is 9.09. The summed E-state index contributed by atoms with van der Waals surface area (Å²) in [5.74, 6) is 0. The van der Waals surface area contributed by atoms with E-state index in [1.807, 2.05) is 23.6 Å². The maximum atomic E-state index is 11.8. The van der Waals surface area contributed by atoms with E-state index in [4.69, 9.17) is 16.3 Å². The van der Waals surface area contributed by atoms with Crippen LogP contribution < -0.4 is 5.32 Å². The molecular formula is C13H11BrClNO2S. The van der Waals surface area contributed by atoms with Gasteiger partial charge in [0.2, 0.25) is 0 Å². The van der Waals surface area contributed by atoms with Crippen molar-refractivity contribution >= 4 is 50.6 Å². The summed E-state index contributed by atoms with van der Waals surface area (Å²) in [7, 11) is 0. The van der Waals surface area contributed by atoms with E-state index >= 15 is 0 Å². The Kier molecular flexibility index (Phi) is 4.85. The predicted molar refractivity (Wildman–Crippen MR) is 82.0 cm³/mol. The minimum atomic E-state index is -0.508. The Morgan fingerprint density at radius 3 is 2.79 bits per heavy atom. The van der Waals surface area contributed by atoms with Crippen LogP contribution >= 0.6 is 38.9 Å². The minimum absolute atomic E-state index is 0.411. The molecule has 0 aliphatic heterocycles. The molecule has 0 aliphatic carbocycles. The molecule has 1 unspecified atom stereocenters. The summed E-state index contributed by atoms with van der Waals surface area (Å²) >= 11 is 10.9. The first kappa shape index (κ1) is 14.4. The largest absolute Gasteiger partial charge is 0.441 e. The maximum Gasteiger partial charge on any atom is 0.412 e. The molecule has 1 atom stereocenters. The normalized spacial score (nSPS) is 11.9. The average molecular weight is 361 g/mol.